The molecule has 1 radical (unpaired) electrons. The fourth-order valence-electron chi connectivity index (χ4n) is 3.95. The van der Waals surface area contributed by atoms with Crippen LogP contribution in [0, 0.1) is 6.32 Å². The summed E-state index contributed by atoms with van der Waals surface area (Å²) in [6, 6.07) is 14.9. The Balaban J connectivity index is 1.68. The Morgan fingerprint density at radius 3 is 1.73 bits per heavy atom. The van der Waals surface area contributed by atoms with Crippen LogP contribution in [0.3, 0.4) is 0 Å². The molecule has 1 unspecified atom stereocenters. The maximum absolute atomic E-state index is 6.44. The highest BCUT2D eigenvalue weighted by molar-refractivity contribution is 6.56. The van der Waals surface area contributed by atoms with Gasteiger partial charge in [0.05, 0.1) is 22.4 Å². The first-order chi connectivity index (χ1) is 13.8. The van der Waals surface area contributed by atoms with Crippen molar-refractivity contribution in [2.45, 2.75) is 83.6 Å². The van der Waals surface area contributed by atoms with Gasteiger partial charge in [-0.2, -0.15) is 0 Å². The van der Waals surface area contributed by atoms with Gasteiger partial charge in [0.1, 0.15) is 0 Å². The highest BCUT2D eigenvalue weighted by Crippen LogP contribution is 2.44. The van der Waals surface area contributed by atoms with E-state index in [4.69, 9.17) is 18.6 Å². The first-order valence-corrected chi connectivity index (χ1v) is 10.9. The molecule has 6 heteroatoms. The van der Waals surface area contributed by atoms with Gasteiger partial charge in [0, 0.05) is 12.1 Å². The Bertz CT molecular complexity index is 906. The van der Waals surface area contributed by atoms with Crippen molar-refractivity contribution in [3.8, 4) is 0 Å². The molecule has 1 atom stereocenters. The smallest absolute Gasteiger partial charge is 0.403 e. The van der Waals surface area contributed by atoms with Gasteiger partial charge < -0.3 is 18.6 Å². The fourth-order valence-corrected chi connectivity index (χ4v) is 3.95. The third kappa shape index (κ3) is 3.73. The summed E-state index contributed by atoms with van der Waals surface area (Å²) in [5.41, 5.74) is -0.467. The molecule has 2 heterocycles. The Morgan fingerprint density at radius 1 is 0.667 bits per heavy atom. The molecule has 159 valence electrons. The van der Waals surface area contributed by atoms with Crippen LogP contribution in [0.25, 0.3) is 10.8 Å². The van der Waals surface area contributed by atoms with E-state index in [2.05, 4.69) is 104 Å². The van der Waals surface area contributed by atoms with Crippen molar-refractivity contribution in [1.82, 2.24) is 0 Å². The van der Waals surface area contributed by atoms with Gasteiger partial charge in [0.2, 0.25) is 0 Å². The van der Waals surface area contributed by atoms with Crippen molar-refractivity contribution in [2.24, 2.45) is 0 Å². The molecule has 2 saturated heterocycles. The van der Waals surface area contributed by atoms with E-state index in [-0.39, 0.29) is 5.82 Å². The summed E-state index contributed by atoms with van der Waals surface area (Å²) >= 11 is 0. The first-order valence-electron chi connectivity index (χ1n) is 10.9. The molecule has 2 aliphatic heterocycles. The van der Waals surface area contributed by atoms with E-state index in [1.807, 2.05) is 0 Å². The highest BCUT2D eigenvalue weighted by atomic mass is 16.7. The predicted molar refractivity (Wildman–Crippen MR) is 123 cm³/mol. The lowest BCUT2D eigenvalue weighted by Crippen LogP contribution is -2.41. The molecule has 0 bridgehead atoms. The maximum Gasteiger partial charge on any atom is 0.465 e. The molecule has 2 aliphatic rings. The molecule has 2 aromatic rings. The Morgan fingerprint density at radius 2 is 1.17 bits per heavy atom. The van der Waals surface area contributed by atoms with E-state index in [1.54, 1.807) is 0 Å². The molecule has 2 aromatic carbocycles. The summed E-state index contributed by atoms with van der Waals surface area (Å²) in [7, 11) is -0.860. The molecule has 0 saturated carbocycles. The third-order valence-corrected chi connectivity index (χ3v) is 7.36. The quantitative estimate of drug-likeness (QED) is 0.637. The van der Waals surface area contributed by atoms with Gasteiger partial charge in [0.25, 0.3) is 0 Å². The van der Waals surface area contributed by atoms with E-state index >= 15 is 0 Å². The molecule has 0 amide bonds. The minimum atomic E-state index is -0.439. The van der Waals surface area contributed by atoms with Crippen LogP contribution in [0.4, 0.5) is 0 Å². The largest absolute Gasteiger partial charge is 0.465 e. The van der Waals surface area contributed by atoms with Crippen molar-refractivity contribution in [3.63, 3.8) is 0 Å². The number of rotatable bonds is 4. The maximum atomic E-state index is 6.44. The summed E-state index contributed by atoms with van der Waals surface area (Å²) in [4.78, 5) is 0. The summed E-state index contributed by atoms with van der Waals surface area (Å²) in [5.74, 6) is -0.134. The summed E-state index contributed by atoms with van der Waals surface area (Å²) in [5, 5.41) is 2.41. The van der Waals surface area contributed by atoms with E-state index < -0.39 is 36.6 Å². The molecular weight excluding hydrogens is 374 g/mol. The molecule has 0 N–H and O–H groups in total. The fraction of sp³-hybridized carbons (Fsp3) is 0.542. The highest BCUT2D eigenvalue weighted by Gasteiger charge is 2.57. The third-order valence-electron chi connectivity index (χ3n) is 7.36. The van der Waals surface area contributed by atoms with Crippen molar-refractivity contribution < 1.29 is 18.6 Å². The van der Waals surface area contributed by atoms with Crippen LogP contribution in [0.1, 0.15) is 66.8 Å². The Kier molecular flexibility index (Phi) is 5.18. The van der Waals surface area contributed by atoms with Gasteiger partial charge in [-0.3, -0.25) is 0 Å². The second-order valence-electron chi connectivity index (χ2n) is 10.6. The average Bonchev–Trinajstić information content (AvgIpc) is 2.98. The lowest BCUT2D eigenvalue weighted by Gasteiger charge is -2.32. The number of hydrogen-bond donors (Lipinski definition) is 0. The first kappa shape index (κ1) is 21.9. The van der Waals surface area contributed by atoms with Gasteiger partial charge in [-0.05, 0) is 71.7 Å². The van der Waals surface area contributed by atoms with Gasteiger partial charge >= 0.3 is 14.2 Å². The van der Waals surface area contributed by atoms with Gasteiger partial charge in [-0.25, -0.2) is 0 Å². The standard InChI is InChI=1S/C24H33B2O4/c1-21(2)22(3,4)28-25(27-21)16-20(26-29-23(5,6)24(7,8)30-26)19-14-13-17-11-9-10-12-18(17)15-19/h9-16,20H,1-8H3. The lowest BCUT2D eigenvalue weighted by atomic mass is 9.58. The van der Waals surface area contributed by atoms with Crippen LogP contribution in [0.15, 0.2) is 42.5 Å². The van der Waals surface area contributed by atoms with Gasteiger partial charge in [-0.1, -0.05) is 42.5 Å². The minimum Gasteiger partial charge on any atom is -0.403 e. The van der Waals surface area contributed by atoms with Crippen LogP contribution in [0.2, 0.25) is 0 Å². The zero-order chi connectivity index (χ0) is 21.9. The molecular formula is C24H33B2O4. The summed E-state index contributed by atoms with van der Waals surface area (Å²) in [6.45, 7) is 16.6. The molecule has 0 spiro atoms. The van der Waals surface area contributed by atoms with Crippen molar-refractivity contribution in [2.75, 3.05) is 0 Å². The average molecular weight is 407 g/mol. The molecule has 30 heavy (non-hydrogen) atoms. The molecule has 4 nitrogen and oxygen atoms in total. The summed E-state index contributed by atoms with van der Waals surface area (Å²) < 4.78 is 25.4. The molecule has 2 fully saturated rings. The Hall–Kier alpha value is -1.33. The number of hydrogen-bond acceptors (Lipinski definition) is 4. The van der Waals surface area contributed by atoms with E-state index in [0.29, 0.717) is 0 Å². The van der Waals surface area contributed by atoms with E-state index in [1.165, 1.54) is 10.8 Å². The lowest BCUT2D eigenvalue weighted by molar-refractivity contribution is 0.00578. The van der Waals surface area contributed by atoms with Crippen LogP contribution in [-0.4, -0.2) is 36.6 Å². The van der Waals surface area contributed by atoms with Crippen LogP contribution >= 0.6 is 0 Å². The van der Waals surface area contributed by atoms with Crippen LogP contribution in [0.5, 0.6) is 0 Å². The normalized spacial score (nSPS) is 25.1. The second kappa shape index (κ2) is 7.09. The van der Waals surface area contributed by atoms with Crippen molar-refractivity contribution in [3.05, 3.63) is 54.3 Å². The summed E-state index contributed by atoms with van der Waals surface area (Å²) in [6.07, 6.45) is 2.10. The van der Waals surface area contributed by atoms with E-state index in [9.17, 15) is 0 Å². The molecule has 0 aliphatic carbocycles. The van der Waals surface area contributed by atoms with E-state index in [0.717, 1.165) is 5.56 Å². The minimum absolute atomic E-state index is 0.134. The Labute approximate surface area is 181 Å². The number of benzene rings is 2. The monoisotopic (exact) mass is 407 g/mol. The van der Waals surface area contributed by atoms with Crippen LogP contribution in [-0.2, 0) is 18.6 Å². The topological polar surface area (TPSA) is 36.9 Å². The van der Waals surface area contributed by atoms with Crippen LogP contribution < -0.4 is 0 Å². The number of fused-ring (bicyclic) bond motifs is 1. The van der Waals surface area contributed by atoms with Crippen molar-refractivity contribution in [1.29, 1.82) is 0 Å². The SMILES string of the molecule is CC1(C)OB([CH]C(B2OC(C)(C)C(C)(C)O2)c2ccc3ccccc3c2)OC1(C)C. The van der Waals surface area contributed by atoms with Gasteiger partial charge in [0.15, 0.2) is 0 Å². The molecule has 0 aromatic heterocycles. The predicted octanol–water partition coefficient (Wildman–Crippen LogP) is 5.39. The zero-order valence-corrected chi connectivity index (χ0v) is 19.5. The molecule has 4 rings (SSSR count). The van der Waals surface area contributed by atoms with Crippen molar-refractivity contribution >= 4 is 25.0 Å². The second-order valence-corrected chi connectivity index (χ2v) is 10.6. The zero-order valence-electron chi connectivity index (χ0n) is 19.5. The van der Waals surface area contributed by atoms with Gasteiger partial charge in [-0.15, -0.1) is 0 Å².